The third kappa shape index (κ3) is 3.31. The van der Waals surface area contributed by atoms with Crippen molar-refractivity contribution in [3.63, 3.8) is 0 Å². The number of benzene rings is 2. The summed E-state index contributed by atoms with van der Waals surface area (Å²) in [6.07, 6.45) is 0. The number of carbonyl (C=O) groups excluding carboxylic acids is 1. The molecule has 0 atom stereocenters. The standard InChI is InChI=1S/C14H9Br3O/c15-12-7-5-10(6-8-12)9-1-3-11(4-2-9)13(18)14(16)17/h1-8,14H. The third-order valence-corrected chi connectivity index (χ3v) is 3.91. The summed E-state index contributed by atoms with van der Waals surface area (Å²) in [5, 5.41) is 0. The molecule has 1 nitrogen and oxygen atoms in total. The summed E-state index contributed by atoms with van der Waals surface area (Å²) in [7, 11) is 0. The van der Waals surface area contributed by atoms with Crippen molar-refractivity contribution >= 4 is 53.6 Å². The monoisotopic (exact) mass is 430 g/mol. The van der Waals surface area contributed by atoms with Crippen LogP contribution in [0, 0.1) is 0 Å². The van der Waals surface area contributed by atoms with Gasteiger partial charge in [-0.2, -0.15) is 0 Å². The molecule has 2 rings (SSSR count). The quantitative estimate of drug-likeness (QED) is 0.468. The minimum Gasteiger partial charge on any atom is -0.292 e. The summed E-state index contributed by atoms with van der Waals surface area (Å²) in [6.45, 7) is 0. The second kappa shape index (κ2) is 6.13. The van der Waals surface area contributed by atoms with Gasteiger partial charge in [-0.05, 0) is 23.3 Å². The minimum atomic E-state index is -0.330. The van der Waals surface area contributed by atoms with Gasteiger partial charge in [0.05, 0.1) is 0 Å². The van der Waals surface area contributed by atoms with E-state index in [0.717, 1.165) is 15.6 Å². The van der Waals surface area contributed by atoms with Gasteiger partial charge in [0, 0.05) is 10.0 Å². The van der Waals surface area contributed by atoms with Gasteiger partial charge in [-0.15, -0.1) is 0 Å². The predicted octanol–water partition coefficient (Wildman–Crippen LogP) is 5.41. The van der Waals surface area contributed by atoms with Crippen molar-refractivity contribution < 1.29 is 4.79 Å². The lowest BCUT2D eigenvalue weighted by Crippen LogP contribution is -2.06. The Morgan fingerprint density at radius 2 is 1.28 bits per heavy atom. The fraction of sp³-hybridized carbons (Fsp3) is 0.0714. The summed E-state index contributed by atoms with van der Waals surface area (Å²) >= 11 is 9.83. The average Bonchev–Trinajstić information content (AvgIpc) is 2.39. The van der Waals surface area contributed by atoms with E-state index in [2.05, 4.69) is 47.8 Å². The molecule has 0 saturated heterocycles. The van der Waals surface area contributed by atoms with Crippen LogP contribution in [0.2, 0.25) is 0 Å². The van der Waals surface area contributed by atoms with Crippen molar-refractivity contribution in [2.45, 2.75) is 3.74 Å². The summed E-state index contributed by atoms with van der Waals surface area (Å²) < 4.78 is 0.725. The summed E-state index contributed by atoms with van der Waals surface area (Å²) in [4.78, 5) is 11.7. The normalized spacial score (nSPS) is 10.7. The van der Waals surface area contributed by atoms with Gasteiger partial charge in [-0.3, -0.25) is 4.79 Å². The minimum absolute atomic E-state index is 0.0253. The van der Waals surface area contributed by atoms with Crippen LogP contribution in [0.3, 0.4) is 0 Å². The van der Waals surface area contributed by atoms with Crippen molar-refractivity contribution in [1.82, 2.24) is 0 Å². The topological polar surface area (TPSA) is 17.1 Å². The van der Waals surface area contributed by atoms with E-state index < -0.39 is 0 Å². The Labute approximate surface area is 131 Å². The first-order chi connectivity index (χ1) is 8.58. The number of carbonyl (C=O) groups is 1. The first-order valence-corrected chi connectivity index (χ1v) is 7.89. The Morgan fingerprint density at radius 3 is 1.72 bits per heavy atom. The van der Waals surface area contributed by atoms with Crippen LogP contribution in [0.4, 0.5) is 0 Å². The van der Waals surface area contributed by atoms with Gasteiger partial charge in [-0.25, -0.2) is 0 Å². The molecule has 0 N–H and O–H groups in total. The molecule has 4 heteroatoms. The zero-order chi connectivity index (χ0) is 13.1. The van der Waals surface area contributed by atoms with E-state index >= 15 is 0 Å². The van der Waals surface area contributed by atoms with Crippen molar-refractivity contribution in [3.8, 4) is 11.1 Å². The number of hydrogen-bond acceptors (Lipinski definition) is 1. The van der Waals surface area contributed by atoms with Crippen LogP contribution in [0.15, 0.2) is 53.0 Å². The number of alkyl halides is 2. The van der Waals surface area contributed by atoms with Crippen molar-refractivity contribution in [3.05, 3.63) is 58.6 Å². The Hall–Kier alpha value is -0.450. The lowest BCUT2D eigenvalue weighted by molar-refractivity contribution is 0.101. The lowest BCUT2D eigenvalue weighted by atomic mass is 10.0. The smallest absolute Gasteiger partial charge is 0.187 e. The van der Waals surface area contributed by atoms with Crippen LogP contribution in [0.1, 0.15) is 10.4 Å². The SMILES string of the molecule is O=C(c1ccc(-c2ccc(Br)cc2)cc1)C(Br)Br. The molecule has 92 valence electrons. The van der Waals surface area contributed by atoms with E-state index in [1.54, 1.807) is 0 Å². The van der Waals surface area contributed by atoms with Crippen LogP contribution in [-0.4, -0.2) is 9.52 Å². The van der Waals surface area contributed by atoms with Crippen LogP contribution in [0.25, 0.3) is 11.1 Å². The van der Waals surface area contributed by atoms with Crippen molar-refractivity contribution in [2.24, 2.45) is 0 Å². The molecule has 0 spiro atoms. The van der Waals surface area contributed by atoms with Gasteiger partial charge in [-0.1, -0.05) is 84.2 Å². The van der Waals surface area contributed by atoms with E-state index in [9.17, 15) is 4.79 Å². The average molecular weight is 433 g/mol. The highest BCUT2D eigenvalue weighted by atomic mass is 79.9. The van der Waals surface area contributed by atoms with Crippen LogP contribution in [-0.2, 0) is 0 Å². The molecule has 0 radical (unpaired) electrons. The Morgan fingerprint density at radius 1 is 0.833 bits per heavy atom. The number of Topliss-reactive ketones (excluding diaryl/α,β-unsaturated/α-hetero) is 1. The fourth-order valence-corrected chi connectivity index (χ4v) is 2.39. The molecule has 0 heterocycles. The van der Waals surface area contributed by atoms with E-state index in [-0.39, 0.29) is 9.52 Å². The van der Waals surface area contributed by atoms with Crippen molar-refractivity contribution in [1.29, 1.82) is 0 Å². The van der Waals surface area contributed by atoms with E-state index in [4.69, 9.17) is 0 Å². The maximum atomic E-state index is 11.7. The first kappa shape index (κ1) is 14.0. The van der Waals surface area contributed by atoms with Gasteiger partial charge in [0.25, 0.3) is 0 Å². The third-order valence-electron chi connectivity index (χ3n) is 2.55. The summed E-state index contributed by atoms with van der Waals surface area (Å²) in [5.74, 6) is 0.0253. The van der Waals surface area contributed by atoms with Gasteiger partial charge in [0.2, 0.25) is 0 Å². The van der Waals surface area contributed by atoms with Crippen molar-refractivity contribution in [2.75, 3.05) is 0 Å². The van der Waals surface area contributed by atoms with E-state index in [1.807, 2.05) is 48.5 Å². The number of halogens is 3. The van der Waals surface area contributed by atoms with E-state index in [0.29, 0.717) is 5.56 Å². The van der Waals surface area contributed by atoms with Gasteiger partial charge in [0.15, 0.2) is 5.78 Å². The molecular weight excluding hydrogens is 424 g/mol. The maximum Gasteiger partial charge on any atom is 0.187 e. The largest absolute Gasteiger partial charge is 0.292 e. The molecule has 2 aromatic rings. The Kier molecular flexibility index (Phi) is 4.76. The number of ketones is 1. The Balaban J connectivity index is 2.27. The number of hydrogen-bond donors (Lipinski definition) is 0. The molecule has 18 heavy (non-hydrogen) atoms. The predicted molar refractivity (Wildman–Crippen MR) is 85.6 cm³/mol. The Bertz CT molecular complexity index is 544. The summed E-state index contributed by atoms with van der Waals surface area (Å²) in [5.41, 5.74) is 2.92. The van der Waals surface area contributed by atoms with Crippen LogP contribution >= 0.6 is 47.8 Å². The second-order valence-electron chi connectivity index (χ2n) is 3.75. The zero-order valence-corrected chi connectivity index (χ0v) is 14.0. The highest BCUT2D eigenvalue weighted by molar-refractivity contribution is 9.25. The molecule has 0 aliphatic rings. The molecule has 0 aliphatic heterocycles. The molecule has 0 saturated carbocycles. The summed E-state index contributed by atoms with van der Waals surface area (Å²) in [6, 6.07) is 15.7. The molecule has 0 unspecified atom stereocenters. The highest BCUT2D eigenvalue weighted by Gasteiger charge is 2.12. The zero-order valence-electron chi connectivity index (χ0n) is 9.24. The molecule has 0 aromatic heterocycles. The molecular formula is C14H9Br3O. The maximum absolute atomic E-state index is 11.7. The molecule has 0 fully saturated rings. The molecule has 2 aromatic carbocycles. The van der Waals surface area contributed by atoms with E-state index in [1.165, 1.54) is 0 Å². The molecule has 0 amide bonds. The first-order valence-electron chi connectivity index (χ1n) is 5.26. The van der Waals surface area contributed by atoms with Gasteiger partial charge in [0.1, 0.15) is 3.74 Å². The lowest BCUT2D eigenvalue weighted by Gasteiger charge is -2.05. The number of rotatable bonds is 3. The van der Waals surface area contributed by atoms with Crippen LogP contribution in [0.5, 0.6) is 0 Å². The fourth-order valence-electron chi connectivity index (χ4n) is 1.60. The molecule has 0 bridgehead atoms. The second-order valence-corrected chi connectivity index (χ2v) is 7.72. The van der Waals surface area contributed by atoms with Gasteiger partial charge < -0.3 is 0 Å². The molecule has 0 aliphatic carbocycles. The highest BCUT2D eigenvalue weighted by Crippen LogP contribution is 2.23. The van der Waals surface area contributed by atoms with Crippen LogP contribution < -0.4 is 0 Å². The van der Waals surface area contributed by atoms with Gasteiger partial charge >= 0.3 is 0 Å².